The molecule has 140 valence electrons. The van der Waals surface area contributed by atoms with Crippen LogP contribution in [0, 0.1) is 0 Å². The fourth-order valence-corrected chi connectivity index (χ4v) is 3.24. The van der Waals surface area contributed by atoms with Gasteiger partial charge >= 0.3 is 0 Å². The lowest BCUT2D eigenvalue weighted by atomic mass is 10.1. The molecular formula is C21H23N3O3. The molecule has 0 radical (unpaired) electrons. The Morgan fingerprint density at radius 2 is 1.74 bits per heavy atom. The number of rotatable bonds is 4. The van der Waals surface area contributed by atoms with E-state index in [1.54, 1.807) is 47.2 Å². The molecule has 1 aliphatic heterocycles. The molecule has 2 amide bonds. The zero-order valence-electron chi connectivity index (χ0n) is 15.8. The van der Waals surface area contributed by atoms with Gasteiger partial charge in [-0.1, -0.05) is 12.1 Å². The van der Waals surface area contributed by atoms with Gasteiger partial charge in [-0.2, -0.15) is 0 Å². The smallest absolute Gasteiger partial charge is 0.254 e. The van der Waals surface area contributed by atoms with Crippen LogP contribution in [0.15, 0.2) is 42.6 Å². The minimum absolute atomic E-state index is 0.0107. The van der Waals surface area contributed by atoms with Crippen molar-refractivity contribution in [2.75, 3.05) is 19.6 Å². The minimum atomic E-state index is -0.452. The maximum absolute atomic E-state index is 12.8. The number of carbonyl (C=O) groups is 3. The maximum atomic E-state index is 12.8. The Morgan fingerprint density at radius 1 is 1.07 bits per heavy atom. The first-order valence-electron chi connectivity index (χ1n) is 9.09. The summed E-state index contributed by atoms with van der Waals surface area (Å²) >= 11 is 0. The Balaban J connectivity index is 1.76. The van der Waals surface area contributed by atoms with E-state index < -0.39 is 6.04 Å². The molecule has 1 aliphatic rings. The van der Waals surface area contributed by atoms with Crippen molar-refractivity contribution in [2.24, 2.45) is 0 Å². The molecule has 0 aliphatic carbocycles. The second-order valence-corrected chi connectivity index (χ2v) is 6.66. The van der Waals surface area contributed by atoms with Gasteiger partial charge in [0.05, 0.1) is 5.69 Å². The fraction of sp³-hybridized carbons (Fsp3) is 0.333. The summed E-state index contributed by atoms with van der Waals surface area (Å²) in [6.45, 7) is 6.98. The van der Waals surface area contributed by atoms with Crippen molar-refractivity contribution in [3.63, 3.8) is 0 Å². The van der Waals surface area contributed by atoms with Crippen LogP contribution in [0.2, 0.25) is 0 Å². The normalized spacial score (nSPS) is 17.1. The van der Waals surface area contributed by atoms with Crippen LogP contribution in [0.3, 0.4) is 0 Å². The number of piperazine rings is 1. The summed E-state index contributed by atoms with van der Waals surface area (Å²) in [5.41, 5.74) is 2.71. The van der Waals surface area contributed by atoms with Crippen LogP contribution in [0.1, 0.15) is 41.5 Å². The van der Waals surface area contributed by atoms with Crippen molar-refractivity contribution in [1.29, 1.82) is 0 Å². The number of likely N-dealkylation sites (N-methyl/N-ethyl adjacent to an activating group) is 1. The number of carbonyl (C=O) groups excluding carboxylic acids is 3. The van der Waals surface area contributed by atoms with Gasteiger partial charge in [-0.05, 0) is 45.0 Å². The van der Waals surface area contributed by atoms with Crippen LogP contribution in [-0.2, 0) is 4.79 Å². The highest BCUT2D eigenvalue weighted by Crippen LogP contribution is 2.20. The van der Waals surface area contributed by atoms with Gasteiger partial charge in [0, 0.05) is 42.5 Å². The number of nitrogens with zero attached hydrogens (tertiary/aromatic N) is 3. The van der Waals surface area contributed by atoms with Gasteiger partial charge in [-0.3, -0.25) is 19.4 Å². The average molecular weight is 365 g/mol. The van der Waals surface area contributed by atoms with Gasteiger partial charge in [0.25, 0.3) is 5.91 Å². The van der Waals surface area contributed by atoms with Crippen LogP contribution in [0.25, 0.3) is 11.3 Å². The molecule has 1 fully saturated rings. The Bertz CT molecular complexity index is 859. The Kier molecular flexibility index (Phi) is 5.35. The minimum Gasteiger partial charge on any atom is -0.339 e. The first-order valence-corrected chi connectivity index (χ1v) is 9.09. The summed E-state index contributed by atoms with van der Waals surface area (Å²) in [6, 6.07) is 10.2. The fourth-order valence-electron chi connectivity index (χ4n) is 3.24. The molecule has 2 aromatic rings. The van der Waals surface area contributed by atoms with E-state index in [0.29, 0.717) is 30.8 Å². The number of aromatic nitrogens is 1. The molecule has 6 heteroatoms. The van der Waals surface area contributed by atoms with Gasteiger partial charge in [-0.25, -0.2) is 0 Å². The second kappa shape index (κ2) is 7.70. The summed E-state index contributed by atoms with van der Waals surface area (Å²) in [7, 11) is 0. The SMILES string of the molecule is CCN1CCN(C(=O)c2ccc(-c3ccc(C(C)=O)cn3)cc2)[C@H](C)C1=O. The molecule has 1 aromatic heterocycles. The molecule has 1 aromatic carbocycles. The third kappa shape index (κ3) is 3.74. The Hall–Kier alpha value is -3.02. The molecule has 3 rings (SSSR count). The zero-order valence-corrected chi connectivity index (χ0v) is 15.8. The quantitative estimate of drug-likeness (QED) is 0.781. The van der Waals surface area contributed by atoms with E-state index in [1.807, 2.05) is 19.1 Å². The highest BCUT2D eigenvalue weighted by Gasteiger charge is 2.33. The monoisotopic (exact) mass is 365 g/mol. The molecule has 27 heavy (non-hydrogen) atoms. The summed E-state index contributed by atoms with van der Waals surface area (Å²) in [5.74, 6) is -0.177. The lowest BCUT2D eigenvalue weighted by molar-refractivity contribution is -0.139. The third-order valence-corrected chi connectivity index (χ3v) is 4.99. The molecule has 0 bridgehead atoms. The van der Waals surface area contributed by atoms with Crippen LogP contribution in [0.4, 0.5) is 0 Å². The van der Waals surface area contributed by atoms with E-state index >= 15 is 0 Å². The van der Waals surface area contributed by atoms with Crippen LogP contribution >= 0.6 is 0 Å². The van der Waals surface area contributed by atoms with Crippen molar-refractivity contribution < 1.29 is 14.4 Å². The number of hydrogen-bond acceptors (Lipinski definition) is 4. The van der Waals surface area contributed by atoms with Gasteiger partial charge in [0.1, 0.15) is 6.04 Å². The largest absolute Gasteiger partial charge is 0.339 e. The lowest BCUT2D eigenvalue weighted by Crippen LogP contribution is -2.57. The molecule has 6 nitrogen and oxygen atoms in total. The lowest BCUT2D eigenvalue weighted by Gasteiger charge is -2.38. The van der Waals surface area contributed by atoms with Gasteiger partial charge in [-0.15, -0.1) is 0 Å². The maximum Gasteiger partial charge on any atom is 0.254 e. The third-order valence-electron chi connectivity index (χ3n) is 4.99. The molecule has 0 spiro atoms. The second-order valence-electron chi connectivity index (χ2n) is 6.66. The van der Waals surface area contributed by atoms with Crippen molar-refractivity contribution >= 4 is 17.6 Å². The van der Waals surface area contributed by atoms with E-state index in [-0.39, 0.29) is 17.6 Å². The first kappa shape index (κ1) is 18.8. The first-order chi connectivity index (χ1) is 12.9. The Labute approximate surface area is 158 Å². The predicted octanol–water partition coefficient (Wildman–Crippen LogP) is 2.64. The van der Waals surface area contributed by atoms with E-state index in [0.717, 1.165) is 11.3 Å². The summed E-state index contributed by atoms with van der Waals surface area (Å²) in [6.07, 6.45) is 1.55. The highest BCUT2D eigenvalue weighted by atomic mass is 16.2. The van der Waals surface area contributed by atoms with E-state index in [2.05, 4.69) is 4.98 Å². The molecule has 0 unspecified atom stereocenters. The average Bonchev–Trinajstić information content (AvgIpc) is 2.70. The number of amides is 2. The predicted molar refractivity (Wildman–Crippen MR) is 102 cm³/mol. The van der Waals surface area contributed by atoms with Crippen molar-refractivity contribution in [1.82, 2.24) is 14.8 Å². The van der Waals surface area contributed by atoms with Crippen LogP contribution in [-0.4, -0.2) is 58.1 Å². The summed E-state index contributed by atoms with van der Waals surface area (Å²) < 4.78 is 0. The molecule has 0 N–H and O–H groups in total. The molecule has 2 heterocycles. The van der Waals surface area contributed by atoms with Gasteiger partial charge in [0.15, 0.2) is 5.78 Å². The van der Waals surface area contributed by atoms with Gasteiger partial charge < -0.3 is 9.80 Å². The van der Waals surface area contributed by atoms with Crippen molar-refractivity contribution in [3.8, 4) is 11.3 Å². The Morgan fingerprint density at radius 3 is 2.30 bits per heavy atom. The zero-order chi connectivity index (χ0) is 19.6. The molecule has 0 saturated carbocycles. The summed E-state index contributed by atoms with van der Waals surface area (Å²) in [5, 5.41) is 0. The van der Waals surface area contributed by atoms with Crippen molar-refractivity contribution in [3.05, 3.63) is 53.7 Å². The number of ketones is 1. The van der Waals surface area contributed by atoms with Crippen LogP contribution < -0.4 is 0 Å². The number of hydrogen-bond donors (Lipinski definition) is 0. The van der Waals surface area contributed by atoms with E-state index in [4.69, 9.17) is 0 Å². The van der Waals surface area contributed by atoms with Gasteiger partial charge in [0.2, 0.25) is 5.91 Å². The number of pyridine rings is 1. The number of benzene rings is 1. The number of Topliss-reactive ketones (excluding diaryl/α,β-unsaturated/α-hetero) is 1. The van der Waals surface area contributed by atoms with E-state index in [9.17, 15) is 14.4 Å². The standard InChI is InChI=1S/C21H23N3O3/c1-4-23-11-12-24(14(2)20(23)26)21(27)17-7-5-16(6-8-17)19-10-9-18(13-22-19)15(3)25/h5-10,13-14H,4,11-12H2,1-3H3/t14-/m1/s1. The molecule has 1 saturated heterocycles. The topological polar surface area (TPSA) is 70.6 Å². The molecule has 1 atom stereocenters. The molecular weight excluding hydrogens is 342 g/mol. The summed E-state index contributed by atoms with van der Waals surface area (Å²) in [4.78, 5) is 44.2. The van der Waals surface area contributed by atoms with Crippen molar-refractivity contribution in [2.45, 2.75) is 26.8 Å². The van der Waals surface area contributed by atoms with Crippen LogP contribution in [0.5, 0.6) is 0 Å². The van der Waals surface area contributed by atoms with E-state index in [1.165, 1.54) is 6.92 Å². The highest BCUT2D eigenvalue weighted by molar-refractivity contribution is 5.98.